The summed E-state index contributed by atoms with van der Waals surface area (Å²) >= 11 is 0. The third-order valence-corrected chi connectivity index (χ3v) is 4.47. The summed E-state index contributed by atoms with van der Waals surface area (Å²) in [6, 6.07) is 12.5. The van der Waals surface area contributed by atoms with Gasteiger partial charge < -0.3 is 15.0 Å². The number of hydrogen-bond acceptors (Lipinski definition) is 3. The Morgan fingerprint density at radius 2 is 1.96 bits per heavy atom. The highest BCUT2D eigenvalue weighted by Crippen LogP contribution is 2.37. The van der Waals surface area contributed by atoms with Crippen LogP contribution in [0.15, 0.2) is 48.5 Å². The second-order valence-electron chi connectivity index (χ2n) is 6.03. The Bertz CT molecular complexity index is 792. The fourth-order valence-electron chi connectivity index (χ4n) is 3.16. The predicted octanol–water partition coefficient (Wildman–Crippen LogP) is 2.99. The van der Waals surface area contributed by atoms with Crippen molar-refractivity contribution in [3.8, 4) is 5.75 Å². The zero-order chi connectivity index (χ0) is 18.0. The summed E-state index contributed by atoms with van der Waals surface area (Å²) in [5.74, 6) is -0.686. The van der Waals surface area contributed by atoms with Crippen molar-refractivity contribution in [3.05, 3.63) is 59.9 Å². The molecule has 0 aliphatic carbocycles. The average molecular weight is 342 g/mol. The quantitative estimate of drug-likeness (QED) is 0.929. The molecule has 6 heteroatoms. The van der Waals surface area contributed by atoms with Crippen molar-refractivity contribution in [2.24, 2.45) is 5.92 Å². The van der Waals surface area contributed by atoms with Crippen LogP contribution in [-0.2, 0) is 9.59 Å². The molecule has 5 nitrogen and oxygen atoms in total. The molecule has 0 bridgehead atoms. The molecule has 1 N–H and O–H groups in total. The van der Waals surface area contributed by atoms with Gasteiger partial charge in [-0.05, 0) is 42.0 Å². The minimum atomic E-state index is -0.582. The van der Waals surface area contributed by atoms with Crippen LogP contribution in [0.2, 0.25) is 0 Å². The van der Waals surface area contributed by atoms with Crippen LogP contribution in [0.5, 0.6) is 5.75 Å². The SMILES string of the molecule is COc1ccc(NC(=O)C2CC(=O)N(C)C2c2cccc(F)c2)cc1. The minimum Gasteiger partial charge on any atom is -0.497 e. The molecule has 1 aliphatic heterocycles. The molecular formula is C19H19FN2O3. The molecule has 1 heterocycles. The number of carbonyl (C=O) groups is 2. The maximum Gasteiger partial charge on any atom is 0.230 e. The fraction of sp³-hybridized carbons (Fsp3) is 0.263. The van der Waals surface area contributed by atoms with Gasteiger partial charge in [0.1, 0.15) is 11.6 Å². The number of nitrogens with zero attached hydrogens (tertiary/aromatic N) is 1. The number of methoxy groups -OCH3 is 1. The molecule has 2 aromatic carbocycles. The monoisotopic (exact) mass is 342 g/mol. The molecule has 1 saturated heterocycles. The van der Waals surface area contributed by atoms with E-state index in [1.807, 2.05) is 0 Å². The van der Waals surface area contributed by atoms with Crippen LogP contribution < -0.4 is 10.1 Å². The van der Waals surface area contributed by atoms with Crippen LogP contribution in [0.3, 0.4) is 0 Å². The van der Waals surface area contributed by atoms with Gasteiger partial charge in [0.15, 0.2) is 0 Å². The maximum atomic E-state index is 13.6. The number of nitrogens with one attached hydrogen (secondary N) is 1. The molecule has 2 atom stereocenters. The van der Waals surface area contributed by atoms with E-state index in [1.165, 1.54) is 17.0 Å². The number of benzene rings is 2. The smallest absolute Gasteiger partial charge is 0.230 e. The summed E-state index contributed by atoms with van der Waals surface area (Å²) in [4.78, 5) is 26.4. The third kappa shape index (κ3) is 3.47. The van der Waals surface area contributed by atoms with E-state index in [1.54, 1.807) is 50.6 Å². The van der Waals surface area contributed by atoms with Crippen LogP contribution >= 0.6 is 0 Å². The average Bonchev–Trinajstić information content (AvgIpc) is 2.91. The summed E-state index contributed by atoms with van der Waals surface area (Å²) in [6.45, 7) is 0. The van der Waals surface area contributed by atoms with Gasteiger partial charge in [-0.15, -0.1) is 0 Å². The van der Waals surface area contributed by atoms with Crippen molar-refractivity contribution < 1.29 is 18.7 Å². The van der Waals surface area contributed by atoms with Gasteiger partial charge in [0.05, 0.1) is 19.1 Å². The fourth-order valence-corrected chi connectivity index (χ4v) is 3.16. The van der Waals surface area contributed by atoms with Crippen molar-refractivity contribution in [2.75, 3.05) is 19.5 Å². The molecule has 0 radical (unpaired) electrons. The highest BCUT2D eigenvalue weighted by atomic mass is 19.1. The van der Waals surface area contributed by atoms with Crippen LogP contribution in [0, 0.1) is 11.7 Å². The van der Waals surface area contributed by atoms with Gasteiger partial charge in [-0.2, -0.15) is 0 Å². The van der Waals surface area contributed by atoms with Gasteiger partial charge in [-0.3, -0.25) is 9.59 Å². The molecule has 2 aromatic rings. The summed E-state index contributed by atoms with van der Waals surface area (Å²) in [5, 5.41) is 2.82. The molecule has 2 unspecified atom stereocenters. The number of rotatable bonds is 4. The summed E-state index contributed by atoms with van der Waals surface area (Å²) in [5.41, 5.74) is 1.23. The molecule has 1 fully saturated rings. The van der Waals surface area contributed by atoms with Gasteiger partial charge in [0.2, 0.25) is 11.8 Å². The van der Waals surface area contributed by atoms with Crippen LogP contribution in [0.25, 0.3) is 0 Å². The number of anilines is 1. The molecule has 130 valence electrons. The lowest BCUT2D eigenvalue weighted by Crippen LogP contribution is -2.30. The largest absolute Gasteiger partial charge is 0.497 e. The standard InChI is InChI=1S/C19H19FN2O3/c1-22-17(23)11-16(18(22)12-4-3-5-13(20)10-12)19(24)21-14-6-8-15(25-2)9-7-14/h3-10,16,18H,11H2,1-2H3,(H,21,24). The van der Waals surface area contributed by atoms with Gasteiger partial charge in [-0.25, -0.2) is 4.39 Å². The van der Waals surface area contributed by atoms with Crippen LogP contribution in [-0.4, -0.2) is 30.9 Å². The summed E-state index contributed by atoms with van der Waals surface area (Å²) in [6.07, 6.45) is 0.0969. The van der Waals surface area contributed by atoms with Crippen molar-refractivity contribution in [1.29, 1.82) is 0 Å². The molecule has 0 spiro atoms. The van der Waals surface area contributed by atoms with E-state index in [2.05, 4.69) is 5.32 Å². The van der Waals surface area contributed by atoms with E-state index in [4.69, 9.17) is 4.74 Å². The highest BCUT2D eigenvalue weighted by Gasteiger charge is 2.42. The van der Waals surface area contributed by atoms with Gasteiger partial charge in [0, 0.05) is 19.2 Å². The zero-order valence-electron chi connectivity index (χ0n) is 14.0. The van der Waals surface area contributed by atoms with Crippen molar-refractivity contribution in [1.82, 2.24) is 4.90 Å². The molecule has 25 heavy (non-hydrogen) atoms. The minimum absolute atomic E-state index is 0.0969. The van der Waals surface area contributed by atoms with E-state index < -0.39 is 12.0 Å². The third-order valence-electron chi connectivity index (χ3n) is 4.47. The van der Waals surface area contributed by atoms with E-state index >= 15 is 0 Å². The highest BCUT2D eigenvalue weighted by molar-refractivity contribution is 5.97. The van der Waals surface area contributed by atoms with Crippen molar-refractivity contribution in [2.45, 2.75) is 12.5 Å². The van der Waals surface area contributed by atoms with Gasteiger partial charge >= 0.3 is 0 Å². The van der Waals surface area contributed by atoms with E-state index in [9.17, 15) is 14.0 Å². The topological polar surface area (TPSA) is 58.6 Å². The first kappa shape index (κ1) is 17.0. The van der Waals surface area contributed by atoms with Gasteiger partial charge in [0.25, 0.3) is 0 Å². The molecular weight excluding hydrogens is 323 g/mol. The van der Waals surface area contributed by atoms with Crippen LogP contribution in [0.1, 0.15) is 18.0 Å². The van der Waals surface area contributed by atoms with E-state index in [-0.39, 0.29) is 24.1 Å². The van der Waals surface area contributed by atoms with E-state index in [0.717, 1.165) is 0 Å². The molecule has 0 saturated carbocycles. The number of halogens is 1. The Morgan fingerprint density at radius 1 is 1.24 bits per heavy atom. The lowest BCUT2D eigenvalue weighted by Gasteiger charge is -2.25. The normalized spacial score (nSPS) is 19.8. The lowest BCUT2D eigenvalue weighted by molar-refractivity contribution is -0.128. The number of amides is 2. The number of carbonyl (C=O) groups excluding carboxylic acids is 2. The second kappa shape index (κ2) is 6.93. The predicted molar refractivity (Wildman–Crippen MR) is 91.6 cm³/mol. The molecule has 3 rings (SSSR count). The van der Waals surface area contributed by atoms with Gasteiger partial charge in [-0.1, -0.05) is 12.1 Å². The Balaban J connectivity index is 1.82. The number of likely N-dealkylation sites (tertiary alicyclic amines) is 1. The van der Waals surface area contributed by atoms with E-state index in [0.29, 0.717) is 17.0 Å². The Hall–Kier alpha value is -2.89. The first-order valence-corrected chi connectivity index (χ1v) is 7.95. The van der Waals surface area contributed by atoms with Crippen molar-refractivity contribution >= 4 is 17.5 Å². The van der Waals surface area contributed by atoms with Crippen molar-refractivity contribution in [3.63, 3.8) is 0 Å². The Kier molecular flexibility index (Phi) is 4.70. The first-order chi connectivity index (χ1) is 12.0. The summed E-state index contributed by atoms with van der Waals surface area (Å²) in [7, 11) is 3.20. The maximum absolute atomic E-state index is 13.6. The zero-order valence-corrected chi connectivity index (χ0v) is 14.0. The number of ether oxygens (including phenoxy) is 1. The Morgan fingerprint density at radius 3 is 2.60 bits per heavy atom. The second-order valence-corrected chi connectivity index (χ2v) is 6.03. The summed E-state index contributed by atoms with van der Waals surface area (Å²) < 4.78 is 18.7. The molecule has 1 aliphatic rings. The first-order valence-electron chi connectivity index (χ1n) is 7.95. The molecule has 0 aromatic heterocycles. The Labute approximate surface area is 145 Å². The van der Waals surface area contributed by atoms with Crippen LogP contribution in [0.4, 0.5) is 10.1 Å². The number of hydrogen-bond donors (Lipinski definition) is 1. The molecule has 2 amide bonds. The lowest BCUT2D eigenvalue weighted by atomic mass is 9.92.